The summed E-state index contributed by atoms with van der Waals surface area (Å²) in [5.41, 5.74) is -0.804. The first-order chi connectivity index (χ1) is 13.2. The molecule has 4 bridgehead atoms. The molecule has 1 N–H and O–H groups in total. The van der Waals surface area contributed by atoms with E-state index in [1.54, 1.807) is 0 Å². The first-order valence-corrected chi connectivity index (χ1v) is 11.1. The van der Waals surface area contributed by atoms with Crippen LogP contribution in [0.3, 0.4) is 0 Å². The molecule has 6 nitrogen and oxygen atoms in total. The summed E-state index contributed by atoms with van der Waals surface area (Å²) in [6.45, 7) is 8.46. The van der Waals surface area contributed by atoms with Crippen molar-refractivity contribution in [2.75, 3.05) is 19.6 Å². The Kier molecular flexibility index (Phi) is 4.16. The Morgan fingerprint density at radius 2 is 1.57 bits per heavy atom. The van der Waals surface area contributed by atoms with Crippen molar-refractivity contribution in [1.29, 1.82) is 0 Å². The van der Waals surface area contributed by atoms with Gasteiger partial charge < -0.3 is 19.7 Å². The number of fused-ring (bicyclic) bond motifs is 4. The van der Waals surface area contributed by atoms with Crippen molar-refractivity contribution in [3.8, 4) is 0 Å². The monoisotopic (exact) mass is 390 g/mol. The Morgan fingerprint density at radius 1 is 0.964 bits per heavy atom. The van der Waals surface area contributed by atoms with Crippen LogP contribution in [0.1, 0.15) is 65.7 Å². The van der Waals surface area contributed by atoms with Crippen molar-refractivity contribution in [1.82, 2.24) is 10.2 Å². The summed E-state index contributed by atoms with van der Waals surface area (Å²) in [4.78, 5) is 28.2. The maximum atomic E-state index is 13.3. The molecule has 7 unspecified atom stereocenters. The number of ether oxygens (including phenoxy) is 2. The van der Waals surface area contributed by atoms with E-state index in [1.165, 1.54) is 0 Å². The van der Waals surface area contributed by atoms with E-state index in [0.717, 1.165) is 58.0 Å². The molecule has 7 atom stereocenters. The summed E-state index contributed by atoms with van der Waals surface area (Å²) >= 11 is 0. The molecule has 2 amide bonds. The fraction of sp³-hybridized carbons (Fsp3) is 0.909. The van der Waals surface area contributed by atoms with E-state index in [0.29, 0.717) is 6.54 Å². The summed E-state index contributed by atoms with van der Waals surface area (Å²) in [7, 11) is 0. The highest BCUT2D eigenvalue weighted by Crippen LogP contribution is 2.50. The van der Waals surface area contributed by atoms with Gasteiger partial charge in [-0.2, -0.15) is 0 Å². The molecule has 0 saturated carbocycles. The molecular weight excluding hydrogens is 356 g/mol. The molecule has 5 aliphatic rings. The van der Waals surface area contributed by atoms with Crippen molar-refractivity contribution in [3.05, 3.63) is 0 Å². The van der Waals surface area contributed by atoms with Crippen LogP contribution in [0.15, 0.2) is 0 Å². The smallest absolute Gasteiger partial charge is 0.231 e. The molecule has 28 heavy (non-hydrogen) atoms. The van der Waals surface area contributed by atoms with Crippen LogP contribution in [0.4, 0.5) is 0 Å². The SMILES string of the molecule is CC1(CNC(=O)C2(C)CC3CCC2O3)CCN(C(=O)C2(C)CC3CCC2O3)C1. The number of carbonyl (C=O) groups is 2. The Balaban J connectivity index is 1.18. The predicted molar refractivity (Wildman–Crippen MR) is 104 cm³/mol. The van der Waals surface area contributed by atoms with Crippen LogP contribution in [0.25, 0.3) is 0 Å². The van der Waals surface area contributed by atoms with Crippen LogP contribution in [-0.2, 0) is 19.1 Å². The number of nitrogens with one attached hydrogen (secondary N) is 1. The molecule has 5 saturated heterocycles. The Hall–Kier alpha value is -1.14. The second-order valence-corrected chi connectivity index (χ2v) is 10.9. The molecular formula is C22H34N2O4. The number of hydrogen-bond acceptors (Lipinski definition) is 4. The van der Waals surface area contributed by atoms with Gasteiger partial charge in [-0.15, -0.1) is 0 Å². The standard InChI is InChI=1S/C22H34N2O4/c1-20(12-23-18(25)21(2)10-14-4-6-16(21)27-14)8-9-24(13-20)19(26)22(3)11-15-5-7-17(22)28-15/h14-17H,4-13H2,1-3H3,(H,23,25). The van der Waals surface area contributed by atoms with Crippen LogP contribution >= 0.6 is 0 Å². The van der Waals surface area contributed by atoms with Gasteiger partial charge in [0.2, 0.25) is 11.8 Å². The van der Waals surface area contributed by atoms with E-state index in [4.69, 9.17) is 9.47 Å². The Bertz CT molecular complexity index is 698. The minimum Gasteiger partial charge on any atom is -0.374 e. The van der Waals surface area contributed by atoms with Gasteiger partial charge in [-0.25, -0.2) is 0 Å². The Morgan fingerprint density at radius 3 is 2.11 bits per heavy atom. The number of hydrogen-bond donors (Lipinski definition) is 1. The van der Waals surface area contributed by atoms with Crippen molar-refractivity contribution in [2.45, 2.75) is 90.1 Å². The van der Waals surface area contributed by atoms with E-state index in [9.17, 15) is 9.59 Å². The summed E-state index contributed by atoms with van der Waals surface area (Å²) < 4.78 is 11.9. The first-order valence-electron chi connectivity index (χ1n) is 11.1. The van der Waals surface area contributed by atoms with Gasteiger partial charge in [0.25, 0.3) is 0 Å². The highest BCUT2D eigenvalue weighted by atomic mass is 16.5. The van der Waals surface area contributed by atoms with Crippen LogP contribution in [0, 0.1) is 16.2 Å². The highest BCUT2D eigenvalue weighted by molar-refractivity contribution is 5.84. The van der Waals surface area contributed by atoms with Crippen LogP contribution in [0.5, 0.6) is 0 Å². The lowest BCUT2D eigenvalue weighted by Crippen LogP contribution is -2.49. The van der Waals surface area contributed by atoms with Crippen molar-refractivity contribution in [2.24, 2.45) is 16.2 Å². The summed E-state index contributed by atoms with van der Waals surface area (Å²) in [6, 6.07) is 0. The minimum atomic E-state index is -0.388. The molecule has 0 aromatic rings. The number of amides is 2. The van der Waals surface area contributed by atoms with Crippen molar-refractivity contribution in [3.63, 3.8) is 0 Å². The van der Waals surface area contributed by atoms with Crippen LogP contribution in [0.2, 0.25) is 0 Å². The minimum absolute atomic E-state index is 0.0605. The lowest BCUT2D eigenvalue weighted by Gasteiger charge is -2.35. The number of likely N-dealkylation sites (tertiary alicyclic amines) is 1. The van der Waals surface area contributed by atoms with E-state index in [-0.39, 0.29) is 52.5 Å². The normalized spacial score (nSPS) is 49.2. The van der Waals surface area contributed by atoms with E-state index >= 15 is 0 Å². The summed E-state index contributed by atoms with van der Waals surface area (Å²) in [5.74, 6) is 0.377. The zero-order valence-electron chi connectivity index (χ0n) is 17.5. The number of rotatable bonds is 4. The van der Waals surface area contributed by atoms with Crippen LogP contribution in [-0.4, -0.2) is 60.8 Å². The molecule has 0 aromatic carbocycles. The molecule has 5 fully saturated rings. The second kappa shape index (κ2) is 6.18. The topological polar surface area (TPSA) is 67.9 Å². The van der Waals surface area contributed by atoms with Crippen molar-refractivity contribution < 1.29 is 19.1 Å². The molecule has 156 valence electrons. The molecule has 5 aliphatic heterocycles. The van der Waals surface area contributed by atoms with Crippen molar-refractivity contribution >= 4 is 11.8 Å². The fourth-order valence-electron chi connectivity index (χ4n) is 6.52. The lowest BCUT2D eigenvalue weighted by atomic mass is 9.74. The number of carbonyl (C=O) groups excluding carboxylic acids is 2. The van der Waals surface area contributed by atoms with Gasteiger partial charge in [0.05, 0.1) is 35.2 Å². The highest BCUT2D eigenvalue weighted by Gasteiger charge is 2.57. The van der Waals surface area contributed by atoms with Gasteiger partial charge >= 0.3 is 0 Å². The molecule has 0 aromatic heterocycles. The average molecular weight is 391 g/mol. The van der Waals surface area contributed by atoms with Gasteiger partial charge in [-0.05, 0) is 58.8 Å². The quantitative estimate of drug-likeness (QED) is 0.800. The van der Waals surface area contributed by atoms with Crippen LogP contribution < -0.4 is 5.32 Å². The predicted octanol–water partition coefficient (Wildman–Crippen LogP) is 2.26. The van der Waals surface area contributed by atoms with Gasteiger partial charge in [-0.1, -0.05) is 6.92 Å². The number of nitrogens with zero attached hydrogens (tertiary/aromatic N) is 1. The third-order valence-electron chi connectivity index (χ3n) is 8.47. The summed E-state index contributed by atoms with van der Waals surface area (Å²) in [6.07, 6.45) is 7.54. The zero-order chi connectivity index (χ0) is 19.7. The second-order valence-electron chi connectivity index (χ2n) is 10.9. The van der Waals surface area contributed by atoms with E-state index < -0.39 is 0 Å². The van der Waals surface area contributed by atoms with Gasteiger partial charge in [0.15, 0.2) is 0 Å². The molecule has 0 spiro atoms. The first kappa shape index (κ1) is 18.9. The van der Waals surface area contributed by atoms with E-state index in [1.807, 2.05) is 4.90 Å². The average Bonchev–Trinajstić information content (AvgIpc) is 3.45. The Labute approximate surface area is 167 Å². The third kappa shape index (κ3) is 2.74. The maximum absolute atomic E-state index is 13.3. The summed E-state index contributed by atoms with van der Waals surface area (Å²) in [5, 5.41) is 3.22. The molecule has 6 heteroatoms. The molecule has 5 heterocycles. The maximum Gasteiger partial charge on any atom is 0.231 e. The van der Waals surface area contributed by atoms with Gasteiger partial charge in [0.1, 0.15) is 0 Å². The fourth-order valence-corrected chi connectivity index (χ4v) is 6.52. The zero-order valence-corrected chi connectivity index (χ0v) is 17.5. The van der Waals surface area contributed by atoms with Gasteiger partial charge in [-0.3, -0.25) is 9.59 Å². The molecule has 0 radical (unpaired) electrons. The molecule has 5 rings (SSSR count). The van der Waals surface area contributed by atoms with E-state index in [2.05, 4.69) is 26.1 Å². The molecule has 0 aliphatic carbocycles. The third-order valence-corrected chi connectivity index (χ3v) is 8.47. The van der Waals surface area contributed by atoms with Gasteiger partial charge in [0, 0.05) is 25.0 Å². The largest absolute Gasteiger partial charge is 0.374 e. The lowest BCUT2D eigenvalue weighted by molar-refractivity contribution is -0.143.